The van der Waals surface area contributed by atoms with Crippen molar-refractivity contribution in [1.82, 2.24) is 10.2 Å². The van der Waals surface area contributed by atoms with Crippen LogP contribution in [0.2, 0.25) is 0 Å². The highest BCUT2D eigenvalue weighted by atomic mass is 16.5. The fourth-order valence-corrected chi connectivity index (χ4v) is 2.79. The van der Waals surface area contributed by atoms with Gasteiger partial charge in [-0.1, -0.05) is 19.9 Å². The third kappa shape index (κ3) is 4.47. The zero-order chi connectivity index (χ0) is 19.3. The van der Waals surface area contributed by atoms with E-state index in [-0.39, 0.29) is 12.0 Å². The van der Waals surface area contributed by atoms with Gasteiger partial charge in [0.15, 0.2) is 11.5 Å². The van der Waals surface area contributed by atoms with Gasteiger partial charge in [-0.2, -0.15) is 0 Å². The molecule has 0 unspecified atom stereocenters. The molecule has 0 spiro atoms. The fraction of sp³-hybridized carbons (Fsp3) is 0.474. The van der Waals surface area contributed by atoms with Gasteiger partial charge in [0.25, 0.3) is 5.56 Å². The quantitative estimate of drug-likeness (QED) is 0.704. The molecule has 1 atom stereocenters. The Morgan fingerprint density at radius 2 is 1.88 bits per heavy atom. The van der Waals surface area contributed by atoms with Gasteiger partial charge < -0.3 is 19.3 Å². The number of ether oxygens (including phenoxy) is 3. The molecule has 1 heterocycles. The van der Waals surface area contributed by atoms with Gasteiger partial charge in [0.2, 0.25) is 0 Å². The summed E-state index contributed by atoms with van der Waals surface area (Å²) in [4.78, 5) is 24.1. The van der Waals surface area contributed by atoms with Gasteiger partial charge in [-0.25, -0.2) is 0 Å². The van der Waals surface area contributed by atoms with Crippen LogP contribution in [-0.2, 0) is 9.53 Å². The van der Waals surface area contributed by atoms with E-state index in [9.17, 15) is 9.59 Å². The van der Waals surface area contributed by atoms with Gasteiger partial charge in [0.1, 0.15) is 0 Å². The summed E-state index contributed by atoms with van der Waals surface area (Å²) >= 11 is 0. The Hall–Kier alpha value is -2.70. The highest BCUT2D eigenvalue weighted by molar-refractivity contribution is 5.71. The average Bonchev–Trinajstić information content (AvgIpc) is 2.96. The molecule has 0 aliphatic heterocycles. The maximum Gasteiger partial charge on any atom is 0.306 e. The summed E-state index contributed by atoms with van der Waals surface area (Å²) < 4.78 is 16.0. The van der Waals surface area contributed by atoms with Crippen LogP contribution in [0.15, 0.2) is 23.0 Å². The van der Waals surface area contributed by atoms with Gasteiger partial charge in [-0.15, -0.1) is 0 Å². The van der Waals surface area contributed by atoms with Crippen molar-refractivity contribution in [2.45, 2.75) is 33.1 Å². The van der Waals surface area contributed by atoms with E-state index in [0.717, 1.165) is 5.56 Å². The predicted molar refractivity (Wildman–Crippen MR) is 98.0 cm³/mol. The number of hydrogen-bond donors (Lipinski definition) is 2. The van der Waals surface area contributed by atoms with Gasteiger partial charge in [-0.3, -0.25) is 14.7 Å². The van der Waals surface area contributed by atoms with Crippen molar-refractivity contribution in [1.29, 1.82) is 0 Å². The Balaban J connectivity index is 2.44. The number of H-pyrrole nitrogens is 2. The predicted octanol–water partition coefficient (Wildman–Crippen LogP) is 2.75. The van der Waals surface area contributed by atoms with E-state index in [1.54, 1.807) is 26.2 Å². The number of carbonyl (C=O) groups excluding carboxylic acids is 1. The first kappa shape index (κ1) is 19.6. The molecule has 2 N–H and O–H groups in total. The van der Waals surface area contributed by atoms with Crippen molar-refractivity contribution in [3.05, 3.63) is 45.4 Å². The molecule has 2 rings (SSSR count). The number of aromatic nitrogens is 2. The van der Waals surface area contributed by atoms with Gasteiger partial charge in [-0.05, 0) is 30.5 Å². The summed E-state index contributed by atoms with van der Waals surface area (Å²) in [5.41, 5.74) is 1.71. The number of nitrogens with one attached hydrogen (secondary N) is 2. The fourth-order valence-electron chi connectivity index (χ4n) is 2.79. The molecule has 142 valence electrons. The standard InChI is InChI=1S/C19H26N2O5/c1-11(2)10-26-15-7-6-13(8-16(15)24-4)14(9-17(22)25-5)18-12(3)20-21-19(18)23/h6-8,11,14H,9-10H2,1-5H3,(H2,20,21,23)/t14-/m1/s1. The van der Waals surface area contributed by atoms with E-state index in [1.807, 2.05) is 6.07 Å². The summed E-state index contributed by atoms with van der Waals surface area (Å²) in [6.45, 7) is 6.48. The Kier molecular flexibility index (Phi) is 6.49. The Morgan fingerprint density at radius 3 is 2.42 bits per heavy atom. The number of hydrogen-bond acceptors (Lipinski definition) is 5. The summed E-state index contributed by atoms with van der Waals surface area (Å²) in [5.74, 6) is 0.719. The highest BCUT2D eigenvalue weighted by Gasteiger charge is 2.25. The van der Waals surface area contributed by atoms with Crippen LogP contribution in [0.1, 0.15) is 43.0 Å². The maximum atomic E-state index is 12.2. The average molecular weight is 362 g/mol. The van der Waals surface area contributed by atoms with Crippen molar-refractivity contribution >= 4 is 5.97 Å². The normalized spacial score (nSPS) is 12.1. The highest BCUT2D eigenvalue weighted by Crippen LogP contribution is 2.35. The molecular formula is C19H26N2O5. The van der Waals surface area contributed by atoms with Crippen molar-refractivity contribution in [3.63, 3.8) is 0 Å². The summed E-state index contributed by atoms with van der Waals surface area (Å²) in [5, 5.41) is 5.37. The van der Waals surface area contributed by atoms with E-state index in [1.165, 1.54) is 7.11 Å². The molecule has 0 aliphatic rings. The van der Waals surface area contributed by atoms with Crippen LogP contribution in [-0.4, -0.2) is 37.0 Å². The molecule has 0 fully saturated rings. The minimum Gasteiger partial charge on any atom is -0.493 e. The number of esters is 1. The molecule has 0 saturated carbocycles. The lowest BCUT2D eigenvalue weighted by Gasteiger charge is -2.18. The zero-order valence-electron chi connectivity index (χ0n) is 15.8. The molecule has 0 amide bonds. The molecule has 1 aromatic carbocycles. The van der Waals surface area contributed by atoms with E-state index >= 15 is 0 Å². The Morgan fingerprint density at radius 1 is 1.15 bits per heavy atom. The van der Waals surface area contributed by atoms with Crippen molar-refractivity contribution in [3.8, 4) is 11.5 Å². The van der Waals surface area contributed by atoms with Crippen LogP contribution in [0.3, 0.4) is 0 Å². The van der Waals surface area contributed by atoms with Crippen LogP contribution in [0.4, 0.5) is 0 Å². The maximum absolute atomic E-state index is 12.2. The van der Waals surface area contributed by atoms with Crippen molar-refractivity contribution < 1.29 is 19.0 Å². The molecular weight excluding hydrogens is 336 g/mol. The van der Waals surface area contributed by atoms with Crippen molar-refractivity contribution in [2.24, 2.45) is 5.92 Å². The van der Waals surface area contributed by atoms with Crippen LogP contribution < -0.4 is 15.0 Å². The summed E-state index contributed by atoms with van der Waals surface area (Å²) in [6, 6.07) is 5.45. The SMILES string of the molecule is COC(=O)C[C@H](c1ccc(OCC(C)C)c(OC)c1)c1c(C)[nH][nH]c1=O. The second kappa shape index (κ2) is 8.60. The topological polar surface area (TPSA) is 93.4 Å². The first-order valence-electron chi connectivity index (χ1n) is 8.52. The first-order valence-corrected chi connectivity index (χ1v) is 8.52. The Labute approximate surface area is 152 Å². The molecule has 26 heavy (non-hydrogen) atoms. The monoisotopic (exact) mass is 362 g/mol. The number of methoxy groups -OCH3 is 2. The van der Waals surface area contributed by atoms with Crippen LogP contribution in [0, 0.1) is 12.8 Å². The first-order chi connectivity index (χ1) is 12.4. The molecule has 0 radical (unpaired) electrons. The number of benzene rings is 1. The van der Waals surface area contributed by atoms with Crippen LogP contribution >= 0.6 is 0 Å². The van der Waals surface area contributed by atoms with E-state index in [2.05, 4.69) is 24.0 Å². The minimum atomic E-state index is -0.453. The molecule has 0 aliphatic carbocycles. The smallest absolute Gasteiger partial charge is 0.306 e. The van der Waals surface area contributed by atoms with Crippen LogP contribution in [0.25, 0.3) is 0 Å². The summed E-state index contributed by atoms with van der Waals surface area (Å²) in [6.07, 6.45) is 0.0492. The minimum absolute atomic E-state index is 0.0492. The number of rotatable bonds is 8. The van der Waals surface area contributed by atoms with Crippen LogP contribution in [0.5, 0.6) is 11.5 Å². The number of aromatic amines is 2. The number of carbonyl (C=O) groups is 1. The lowest BCUT2D eigenvalue weighted by molar-refractivity contribution is -0.140. The largest absolute Gasteiger partial charge is 0.493 e. The van der Waals surface area contributed by atoms with Gasteiger partial charge in [0, 0.05) is 17.2 Å². The lowest BCUT2D eigenvalue weighted by Crippen LogP contribution is -2.17. The lowest BCUT2D eigenvalue weighted by atomic mass is 9.88. The zero-order valence-corrected chi connectivity index (χ0v) is 15.8. The van der Waals surface area contributed by atoms with E-state index < -0.39 is 11.9 Å². The Bertz CT molecular complexity index is 807. The molecule has 2 aromatic rings. The summed E-state index contributed by atoms with van der Waals surface area (Å²) in [7, 11) is 2.89. The molecule has 1 aromatic heterocycles. The van der Waals surface area contributed by atoms with Gasteiger partial charge >= 0.3 is 5.97 Å². The third-order valence-electron chi connectivity index (χ3n) is 4.12. The molecule has 0 bridgehead atoms. The molecule has 7 nitrogen and oxygen atoms in total. The molecule has 7 heteroatoms. The van der Waals surface area contributed by atoms with Crippen molar-refractivity contribution in [2.75, 3.05) is 20.8 Å². The number of aryl methyl sites for hydroxylation is 1. The second-order valence-electron chi connectivity index (χ2n) is 6.57. The van der Waals surface area contributed by atoms with E-state index in [0.29, 0.717) is 35.3 Å². The molecule has 0 saturated heterocycles. The van der Waals surface area contributed by atoms with E-state index in [4.69, 9.17) is 14.2 Å². The van der Waals surface area contributed by atoms with Gasteiger partial charge in [0.05, 0.1) is 27.2 Å². The third-order valence-corrected chi connectivity index (χ3v) is 4.12. The second-order valence-corrected chi connectivity index (χ2v) is 6.57.